The second kappa shape index (κ2) is 6.04. The Kier molecular flexibility index (Phi) is 4.13. The molecule has 1 heterocycles. The molecule has 1 atom stereocenters. The Bertz CT molecular complexity index is 644. The van der Waals surface area contributed by atoms with Gasteiger partial charge in [0.1, 0.15) is 5.82 Å². The number of anilines is 1. The molecule has 1 aliphatic heterocycles. The van der Waals surface area contributed by atoms with Gasteiger partial charge in [0.25, 0.3) is 0 Å². The average molecular weight is 305 g/mol. The van der Waals surface area contributed by atoms with E-state index in [0.29, 0.717) is 23.2 Å². The number of benzene rings is 2. The Hall–Kier alpha value is -1.58. The first kappa shape index (κ1) is 14.4. The molecule has 2 nitrogen and oxygen atoms in total. The summed E-state index contributed by atoms with van der Waals surface area (Å²) in [5, 5.41) is 3.92. The highest BCUT2D eigenvalue weighted by Crippen LogP contribution is 2.26. The molecule has 0 bridgehead atoms. The molecular formula is C17H18ClFN2. The van der Waals surface area contributed by atoms with E-state index in [-0.39, 0.29) is 5.82 Å². The molecule has 0 aromatic heterocycles. The van der Waals surface area contributed by atoms with Crippen LogP contribution >= 0.6 is 11.6 Å². The lowest BCUT2D eigenvalue weighted by Gasteiger charge is -2.26. The zero-order valence-corrected chi connectivity index (χ0v) is 12.7. The Morgan fingerprint density at radius 1 is 1.29 bits per heavy atom. The topological polar surface area (TPSA) is 15.3 Å². The first-order chi connectivity index (χ1) is 10.1. The van der Waals surface area contributed by atoms with Crippen LogP contribution in [0.5, 0.6) is 0 Å². The molecule has 21 heavy (non-hydrogen) atoms. The predicted octanol–water partition coefficient (Wildman–Crippen LogP) is 3.98. The average Bonchev–Trinajstić information content (AvgIpc) is 2.62. The molecule has 0 radical (unpaired) electrons. The van der Waals surface area contributed by atoms with E-state index in [2.05, 4.69) is 29.3 Å². The number of nitrogens with one attached hydrogen (secondary N) is 1. The number of para-hydroxylation sites is 1. The van der Waals surface area contributed by atoms with E-state index in [1.807, 2.05) is 12.1 Å². The van der Waals surface area contributed by atoms with Crippen molar-refractivity contribution < 1.29 is 4.39 Å². The number of hydrogen-bond acceptors (Lipinski definition) is 2. The maximum Gasteiger partial charge on any atom is 0.129 e. The lowest BCUT2D eigenvalue weighted by Crippen LogP contribution is -2.35. The lowest BCUT2D eigenvalue weighted by molar-refractivity contribution is 0.546. The van der Waals surface area contributed by atoms with Crippen LogP contribution in [0.1, 0.15) is 18.1 Å². The molecule has 0 fully saturated rings. The van der Waals surface area contributed by atoms with Gasteiger partial charge in [-0.15, -0.1) is 0 Å². The fraction of sp³-hybridized carbons (Fsp3) is 0.294. The van der Waals surface area contributed by atoms with Crippen molar-refractivity contribution in [2.45, 2.75) is 26.1 Å². The summed E-state index contributed by atoms with van der Waals surface area (Å²) in [5.41, 5.74) is 3.09. The van der Waals surface area contributed by atoms with Gasteiger partial charge in [-0.1, -0.05) is 35.9 Å². The molecule has 0 saturated carbocycles. The van der Waals surface area contributed by atoms with Gasteiger partial charge in [-0.05, 0) is 30.7 Å². The normalized spacial score (nSPS) is 18.2. The fourth-order valence-electron chi connectivity index (χ4n) is 2.75. The molecule has 0 amide bonds. The molecule has 4 heteroatoms. The van der Waals surface area contributed by atoms with Crippen LogP contribution in [0.4, 0.5) is 10.1 Å². The van der Waals surface area contributed by atoms with E-state index in [9.17, 15) is 4.39 Å². The van der Waals surface area contributed by atoms with Crippen LogP contribution in [-0.2, 0) is 13.1 Å². The molecule has 3 rings (SSSR count). The van der Waals surface area contributed by atoms with Gasteiger partial charge in [-0.25, -0.2) is 4.39 Å². The van der Waals surface area contributed by atoms with Crippen molar-refractivity contribution in [2.24, 2.45) is 0 Å². The third-order valence-electron chi connectivity index (χ3n) is 3.84. The maximum atomic E-state index is 14.1. The third-order valence-corrected chi connectivity index (χ3v) is 4.08. The van der Waals surface area contributed by atoms with Gasteiger partial charge >= 0.3 is 0 Å². The van der Waals surface area contributed by atoms with Gasteiger partial charge in [0.15, 0.2) is 0 Å². The SMILES string of the molecule is CC1CN(Cc2ccc(Cl)cc2F)c2ccccc2CN1. The van der Waals surface area contributed by atoms with Crippen LogP contribution in [0, 0.1) is 5.82 Å². The quantitative estimate of drug-likeness (QED) is 0.903. The largest absolute Gasteiger partial charge is 0.365 e. The van der Waals surface area contributed by atoms with Crippen molar-refractivity contribution in [1.82, 2.24) is 5.32 Å². The second-order valence-electron chi connectivity index (χ2n) is 5.53. The number of hydrogen-bond donors (Lipinski definition) is 1. The van der Waals surface area contributed by atoms with Crippen molar-refractivity contribution in [2.75, 3.05) is 11.4 Å². The zero-order chi connectivity index (χ0) is 14.8. The predicted molar refractivity (Wildman–Crippen MR) is 85.2 cm³/mol. The number of fused-ring (bicyclic) bond motifs is 1. The smallest absolute Gasteiger partial charge is 0.129 e. The molecule has 1 unspecified atom stereocenters. The van der Waals surface area contributed by atoms with Crippen molar-refractivity contribution in [3.05, 3.63) is 64.4 Å². The van der Waals surface area contributed by atoms with E-state index in [4.69, 9.17) is 11.6 Å². The highest BCUT2D eigenvalue weighted by atomic mass is 35.5. The Labute approximate surface area is 129 Å². The van der Waals surface area contributed by atoms with E-state index in [1.165, 1.54) is 17.3 Å². The number of rotatable bonds is 2. The van der Waals surface area contributed by atoms with E-state index in [0.717, 1.165) is 13.1 Å². The minimum Gasteiger partial charge on any atom is -0.365 e. The molecule has 110 valence electrons. The summed E-state index contributed by atoms with van der Waals surface area (Å²) in [6.45, 7) is 4.39. The van der Waals surface area contributed by atoms with Crippen LogP contribution in [-0.4, -0.2) is 12.6 Å². The monoisotopic (exact) mass is 304 g/mol. The molecule has 0 saturated heterocycles. The van der Waals surface area contributed by atoms with Gasteiger partial charge in [0.2, 0.25) is 0 Å². The Morgan fingerprint density at radius 3 is 2.90 bits per heavy atom. The minimum atomic E-state index is -0.246. The molecule has 2 aromatic carbocycles. The molecular weight excluding hydrogens is 287 g/mol. The molecule has 1 aliphatic rings. The van der Waals surface area contributed by atoms with Crippen molar-refractivity contribution >= 4 is 17.3 Å². The molecule has 0 spiro atoms. The van der Waals surface area contributed by atoms with Crippen LogP contribution in [0.25, 0.3) is 0 Å². The highest BCUT2D eigenvalue weighted by Gasteiger charge is 2.19. The lowest BCUT2D eigenvalue weighted by atomic mass is 10.1. The maximum absolute atomic E-state index is 14.1. The van der Waals surface area contributed by atoms with E-state index >= 15 is 0 Å². The third kappa shape index (κ3) is 3.20. The highest BCUT2D eigenvalue weighted by molar-refractivity contribution is 6.30. The fourth-order valence-corrected chi connectivity index (χ4v) is 2.91. The molecule has 1 N–H and O–H groups in total. The van der Waals surface area contributed by atoms with Crippen LogP contribution in [0.3, 0.4) is 0 Å². The van der Waals surface area contributed by atoms with Gasteiger partial charge in [0.05, 0.1) is 0 Å². The molecule has 2 aromatic rings. The standard InChI is InChI=1S/C17H18ClFN2/c1-12-10-21(11-14-6-7-15(18)8-16(14)19)17-5-3-2-4-13(17)9-20-12/h2-8,12,20H,9-11H2,1H3. The summed E-state index contributed by atoms with van der Waals surface area (Å²) in [7, 11) is 0. The minimum absolute atomic E-state index is 0.246. The van der Waals surface area contributed by atoms with Crippen LogP contribution < -0.4 is 10.2 Å². The van der Waals surface area contributed by atoms with Crippen molar-refractivity contribution in [1.29, 1.82) is 0 Å². The Balaban J connectivity index is 1.92. The zero-order valence-electron chi connectivity index (χ0n) is 11.9. The summed E-state index contributed by atoms with van der Waals surface area (Å²) < 4.78 is 14.1. The van der Waals surface area contributed by atoms with Gasteiger partial charge in [0, 0.05) is 41.9 Å². The summed E-state index contributed by atoms with van der Waals surface area (Å²) in [5.74, 6) is -0.246. The van der Waals surface area contributed by atoms with Crippen molar-refractivity contribution in [3.8, 4) is 0 Å². The van der Waals surface area contributed by atoms with Crippen LogP contribution in [0.2, 0.25) is 5.02 Å². The first-order valence-corrected chi connectivity index (χ1v) is 7.51. The second-order valence-corrected chi connectivity index (χ2v) is 5.96. The summed E-state index contributed by atoms with van der Waals surface area (Å²) >= 11 is 5.83. The van der Waals surface area contributed by atoms with Gasteiger partial charge in [-0.3, -0.25) is 0 Å². The van der Waals surface area contributed by atoms with E-state index in [1.54, 1.807) is 12.1 Å². The summed E-state index contributed by atoms with van der Waals surface area (Å²) in [4.78, 5) is 2.23. The van der Waals surface area contributed by atoms with Gasteiger partial charge < -0.3 is 10.2 Å². The summed E-state index contributed by atoms with van der Waals surface area (Å²) in [6, 6.07) is 13.5. The summed E-state index contributed by atoms with van der Waals surface area (Å²) in [6.07, 6.45) is 0. The number of halogens is 2. The van der Waals surface area contributed by atoms with Gasteiger partial charge in [-0.2, -0.15) is 0 Å². The number of nitrogens with zero attached hydrogens (tertiary/aromatic N) is 1. The first-order valence-electron chi connectivity index (χ1n) is 7.13. The Morgan fingerprint density at radius 2 is 2.10 bits per heavy atom. The van der Waals surface area contributed by atoms with Crippen LogP contribution in [0.15, 0.2) is 42.5 Å². The van der Waals surface area contributed by atoms with Crippen molar-refractivity contribution in [3.63, 3.8) is 0 Å². The molecule has 0 aliphatic carbocycles. The van der Waals surface area contributed by atoms with E-state index < -0.39 is 0 Å².